The number of nitrogens with zero attached hydrogens (tertiary/aromatic N) is 1. The Bertz CT molecular complexity index is 904. The Balaban J connectivity index is 1.76. The third-order valence-electron chi connectivity index (χ3n) is 6.81. The number of amides is 2. The van der Waals surface area contributed by atoms with Crippen LogP contribution in [0.2, 0.25) is 0 Å². The molecular formula is C31H50N4O2. The molecule has 0 saturated heterocycles. The summed E-state index contributed by atoms with van der Waals surface area (Å²) in [7, 11) is 0. The highest BCUT2D eigenvalue weighted by Gasteiger charge is 2.17. The first kappa shape index (κ1) is 30.6. The van der Waals surface area contributed by atoms with E-state index in [1.165, 1.54) is 70.6 Å². The van der Waals surface area contributed by atoms with Gasteiger partial charge in [-0.2, -0.15) is 0 Å². The SMILES string of the molecule is CCCCCCCCCCNC(=O)c1[nH]c(C)nc1-c1ccc(NC(=O)CCCCCCCCC)cc1. The molecule has 0 bridgehead atoms. The van der Waals surface area contributed by atoms with Gasteiger partial charge in [-0.3, -0.25) is 9.59 Å². The van der Waals surface area contributed by atoms with Gasteiger partial charge >= 0.3 is 0 Å². The molecule has 6 heteroatoms. The first-order valence-electron chi connectivity index (χ1n) is 14.8. The second-order valence-electron chi connectivity index (χ2n) is 10.3. The van der Waals surface area contributed by atoms with Gasteiger partial charge in [-0.1, -0.05) is 109 Å². The predicted octanol–water partition coefficient (Wildman–Crippen LogP) is 8.33. The summed E-state index contributed by atoms with van der Waals surface area (Å²) in [5, 5.41) is 6.03. The molecule has 3 N–H and O–H groups in total. The maximum Gasteiger partial charge on any atom is 0.270 e. The molecule has 1 aromatic carbocycles. The Morgan fingerprint density at radius 2 is 1.30 bits per heavy atom. The molecule has 6 nitrogen and oxygen atoms in total. The highest BCUT2D eigenvalue weighted by molar-refractivity contribution is 5.98. The van der Waals surface area contributed by atoms with Crippen LogP contribution in [0.1, 0.15) is 133 Å². The fourth-order valence-corrected chi connectivity index (χ4v) is 4.59. The van der Waals surface area contributed by atoms with Gasteiger partial charge in [0.15, 0.2) is 0 Å². The van der Waals surface area contributed by atoms with E-state index >= 15 is 0 Å². The lowest BCUT2D eigenvalue weighted by atomic mass is 10.1. The standard InChI is InChI=1S/C31H50N4O2/c1-4-6-8-10-12-14-16-18-24-32-31(37)30-29(33-25(3)34-30)26-20-22-27(23-21-26)35-28(36)19-17-15-13-11-9-7-5-2/h20-23H,4-19,24H2,1-3H3,(H,32,37)(H,33,34)(H,35,36). The van der Waals surface area contributed by atoms with E-state index in [-0.39, 0.29) is 11.8 Å². The van der Waals surface area contributed by atoms with E-state index in [1.807, 2.05) is 31.2 Å². The summed E-state index contributed by atoms with van der Waals surface area (Å²) >= 11 is 0. The lowest BCUT2D eigenvalue weighted by molar-refractivity contribution is -0.116. The van der Waals surface area contributed by atoms with Crippen molar-refractivity contribution >= 4 is 17.5 Å². The molecule has 206 valence electrons. The number of hydrogen-bond acceptors (Lipinski definition) is 3. The van der Waals surface area contributed by atoms with Gasteiger partial charge in [0.25, 0.3) is 5.91 Å². The van der Waals surface area contributed by atoms with E-state index in [0.29, 0.717) is 30.2 Å². The van der Waals surface area contributed by atoms with Gasteiger partial charge < -0.3 is 15.6 Å². The van der Waals surface area contributed by atoms with Crippen LogP contribution in [0, 0.1) is 6.92 Å². The van der Waals surface area contributed by atoms with Gasteiger partial charge in [0.05, 0.1) is 0 Å². The number of aromatic nitrogens is 2. The minimum absolute atomic E-state index is 0.0537. The molecule has 2 aromatic rings. The van der Waals surface area contributed by atoms with Gasteiger partial charge in [-0.15, -0.1) is 0 Å². The Morgan fingerprint density at radius 3 is 1.89 bits per heavy atom. The minimum atomic E-state index is -0.120. The fourth-order valence-electron chi connectivity index (χ4n) is 4.59. The van der Waals surface area contributed by atoms with Crippen molar-refractivity contribution in [1.29, 1.82) is 0 Å². The number of H-pyrrole nitrogens is 1. The molecule has 2 amide bonds. The van der Waals surface area contributed by atoms with Crippen LogP contribution < -0.4 is 10.6 Å². The molecule has 2 rings (SSSR count). The molecule has 0 aliphatic carbocycles. The van der Waals surface area contributed by atoms with Gasteiger partial charge in [-0.25, -0.2) is 4.98 Å². The highest BCUT2D eigenvalue weighted by Crippen LogP contribution is 2.24. The number of nitrogens with one attached hydrogen (secondary N) is 3. The average Bonchev–Trinajstić information content (AvgIpc) is 3.29. The zero-order valence-corrected chi connectivity index (χ0v) is 23.6. The highest BCUT2D eigenvalue weighted by atomic mass is 16.2. The largest absolute Gasteiger partial charge is 0.351 e. The van der Waals surface area contributed by atoms with Crippen LogP contribution in [-0.4, -0.2) is 28.3 Å². The van der Waals surface area contributed by atoms with Crippen molar-refractivity contribution in [3.8, 4) is 11.3 Å². The molecule has 1 heterocycles. The van der Waals surface area contributed by atoms with E-state index < -0.39 is 0 Å². The van der Waals surface area contributed by atoms with Crippen molar-refractivity contribution in [2.75, 3.05) is 11.9 Å². The number of aryl methyl sites for hydroxylation is 1. The van der Waals surface area contributed by atoms with Crippen LogP contribution in [0.3, 0.4) is 0 Å². The van der Waals surface area contributed by atoms with Gasteiger partial charge in [0.2, 0.25) is 5.91 Å². The average molecular weight is 511 g/mol. The van der Waals surface area contributed by atoms with E-state index in [9.17, 15) is 9.59 Å². The van der Waals surface area contributed by atoms with Crippen LogP contribution in [0.4, 0.5) is 5.69 Å². The number of benzene rings is 1. The predicted molar refractivity (Wildman–Crippen MR) is 155 cm³/mol. The molecule has 0 saturated carbocycles. The third-order valence-corrected chi connectivity index (χ3v) is 6.81. The zero-order chi connectivity index (χ0) is 26.7. The number of rotatable bonds is 20. The van der Waals surface area contributed by atoms with Crippen LogP contribution >= 0.6 is 0 Å². The summed E-state index contributed by atoms with van der Waals surface area (Å²) in [5.41, 5.74) is 2.76. The number of carbonyl (C=O) groups is 2. The van der Waals surface area contributed by atoms with Crippen LogP contribution in [0.15, 0.2) is 24.3 Å². The van der Waals surface area contributed by atoms with E-state index in [0.717, 1.165) is 36.9 Å². The summed E-state index contributed by atoms with van der Waals surface area (Å²) in [6, 6.07) is 7.58. The first-order chi connectivity index (χ1) is 18.0. The lowest BCUT2D eigenvalue weighted by Crippen LogP contribution is -2.25. The van der Waals surface area contributed by atoms with Crippen LogP contribution in [0.5, 0.6) is 0 Å². The van der Waals surface area contributed by atoms with Gasteiger partial charge in [-0.05, 0) is 31.9 Å². The summed E-state index contributed by atoms with van der Waals surface area (Å²) < 4.78 is 0. The van der Waals surface area contributed by atoms with Crippen molar-refractivity contribution in [3.05, 3.63) is 35.8 Å². The Kier molecular flexibility index (Phi) is 15.4. The number of carbonyl (C=O) groups excluding carboxylic acids is 2. The topological polar surface area (TPSA) is 86.9 Å². The Labute approximate surface area is 224 Å². The fraction of sp³-hybridized carbons (Fsp3) is 0.645. The van der Waals surface area contributed by atoms with Crippen molar-refractivity contribution in [3.63, 3.8) is 0 Å². The number of anilines is 1. The number of unbranched alkanes of at least 4 members (excludes halogenated alkanes) is 13. The molecule has 1 aromatic heterocycles. The molecule has 0 fully saturated rings. The quantitative estimate of drug-likeness (QED) is 0.156. The van der Waals surface area contributed by atoms with Gasteiger partial charge in [0.1, 0.15) is 17.2 Å². The molecule has 0 aliphatic heterocycles. The second-order valence-corrected chi connectivity index (χ2v) is 10.3. The van der Waals surface area contributed by atoms with Gasteiger partial charge in [0, 0.05) is 24.2 Å². The molecular weight excluding hydrogens is 460 g/mol. The maximum absolute atomic E-state index is 12.8. The van der Waals surface area contributed by atoms with E-state index in [2.05, 4.69) is 34.4 Å². The molecule has 0 radical (unpaired) electrons. The normalized spacial score (nSPS) is 11.0. The van der Waals surface area contributed by atoms with Crippen LogP contribution in [-0.2, 0) is 4.79 Å². The lowest BCUT2D eigenvalue weighted by Gasteiger charge is -2.08. The van der Waals surface area contributed by atoms with Crippen molar-refractivity contribution in [1.82, 2.24) is 15.3 Å². The Hall–Kier alpha value is -2.63. The number of hydrogen-bond donors (Lipinski definition) is 3. The third kappa shape index (κ3) is 12.4. The van der Waals surface area contributed by atoms with E-state index in [1.54, 1.807) is 0 Å². The van der Waals surface area contributed by atoms with E-state index in [4.69, 9.17) is 0 Å². The number of aromatic amines is 1. The molecule has 0 aliphatic rings. The van der Waals surface area contributed by atoms with Crippen molar-refractivity contribution in [2.45, 2.75) is 124 Å². The molecule has 37 heavy (non-hydrogen) atoms. The minimum Gasteiger partial charge on any atom is -0.351 e. The molecule has 0 atom stereocenters. The summed E-state index contributed by atoms with van der Waals surface area (Å²) in [4.78, 5) is 32.8. The Morgan fingerprint density at radius 1 is 0.757 bits per heavy atom. The van der Waals surface area contributed by atoms with Crippen LogP contribution in [0.25, 0.3) is 11.3 Å². The van der Waals surface area contributed by atoms with Crippen molar-refractivity contribution < 1.29 is 9.59 Å². The second kappa shape index (κ2) is 18.6. The summed E-state index contributed by atoms with van der Waals surface area (Å²) in [6.45, 7) is 7.00. The summed E-state index contributed by atoms with van der Waals surface area (Å²) in [6.07, 6.45) is 18.9. The molecule has 0 unspecified atom stereocenters. The first-order valence-corrected chi connectivity index (χ1v) is 14.8. The summed E-state index contributed by atoms with van der Waals surface area (Å²) in [5.74, 6) is 0.642. The monoisotopic (exact) mass is 510 g/mol. The zero-order valence-electron chi connectivity index (χ0n) is 23.6. The number of imidazole rings is 1. The molecule has 0 spiro atoms. The van der Waals surface area contributed by atoms with Crippen molar-refractivity contribution in [2.24, 2.45) is 0 Å². The smallest absolute Gasteiger partial charge is 0.270 e. The maximum atomic E-state index is 12.8.